The molecule has 102 valence electrons. The molecule has 3 nitrogen and oxygen atoms in total. The molecule has 1 aliphatic heterocycles. The van der Waals surface area contributed by atoms with E-state index in [0.717, 1.165) is 22.9 Å². The van der Waals surface area contributed by atoms with Gasteiger partial charge in [0.05, 0.1) is 0 Å². The lowest BCUT2D eigenvalue weighted by molar-refractivity contribution is -0.132. The predicted octanol–water partition coefficient (Wildman–Crippen LogP) is 3.28. The lowest BCUT2D eigenvalue weighted by atomic mass is 9.89. The van der Waals surface area contributed by atoms with Crippen molar-refractivity contribution in [2.45, 2.75) is 26.2 Å². The van der Waals surface area contributed by atoms with E-state index in [-0.39, 0.29) is 17.6 Å². The Morgan fingerprint density at radius 3 is 2.32 bits per heavy atom. The highest BCUT2D eigenvalue weighted by Crippen LogP contribution is 2.23. The Kier molecular flexibility index (Phi) is 4.75. The maximum atomic E-state index is 12.3. The van der Waals surface area contributed by atoms with Gasteiger partial charge in [0, 0.05) is 35.5 Å². The summed E-state index contributed by atoms with van der Waals surface area (Å²) in [4.78, 5) is 25.8. The van der Waals surface area contributed by atoms with Gasteiger partial charge >= 0.3 is 0 Å². The van der Waals surface area contributed by atoms with Crippen molar-refractivity contribution in [3.05, 3.63) is 34.3 Å². The van der Waals surface area contributed by atoms with Crippen LogP contribution in [0.25, 0.3) is 0 Å². The average molecular weight is 324 g/mol. The molecule has 0 saturated carbocycles. The van der Waals surface area contributed by atoms with E-state index >= 15 is 0 Å². The van der Waals surface area contributed by atoms with Crippen molar-refractivity contribution in [3.63, 3.8) is 0 Å². The van der Waals surface area contributed by atoms with Crippen LogP contribution in [0.4, 0.5) is 0 Å². The van der Waals surface area contributed by atoms with Gasteiger partial charge in [-0.25, -0.2) is 0 Å². The summed E-state index contributed by atoms with van der Waals surface area (Å²) < 4.78 is 0.979. The first kappa shape index (κ1) is 14.3. The molecule has 0 atom stereocenters. The van der Waals surface area contributed by atoms with Crippen LogP contribution < -0.4 is 0 Å². The zero-order valence-electron chi connectivity index (χ0n) is 11.1. The van der Waals surface area contributed by atoms with Gasteiger partial charge in [-0.05, 0) is 25.0 Å². The molecule has 19 heavy (non-hydrogen) atoms. The first-order chi connectivity index (χ1) is 9.11. The molecule has 1 aromatic carbocycles. The Morgan fingerprint density at radius 1 is 1.21 bits per heavy atom. The lowest BCUT2D eigenvalue weighted by Crippen LogP contribution is -2.39. The Bertz CT molecular complexity index is 462. The number of nitrogens with zero attached hydrogens (tertiary/aromatic N) is 1. The van der Waals surface area contributed by atoms with Crippen LogP contribution in [0.3, 0.4) is 0 Å². The standard InChI is InChI=1S/C15H18BrNO2/c1-2-14(18)17-9-7-12(8-10-17)15(19)11-3-5-13(16)6-4-11/h3-6,12H,2,7-10H2,1H3. The Morgan fingerprint density at radius 2 is 1.79 bits per heavy atom. The molecule has 4 heteroatoms. The second-order valence-electron chi connectivity index (χ2n) is 4.88. The highest BCUT2D eigenvalue weighted by molar-refractivity contribution is 9.10. The number of rotatable bonds is 3. The highest BCUT2D eigenvalue weighted by atomic mass is 79.9. The first-order valence-corrected chi connectivity index (χ1v) is 7.48. The average Bonchev–Trinajstić information content (AvgIpc) is 2.46. The number of piperidine rings is 1. The SMILES string of the molecule is CCC(=O)N1CCC(C(=O)c2ccc(Br)cc2)CC1. The highest BCUT2D eigenvalue weighted by Gasteiger charge is 2.27. The molecule has 0 radical (unpaired) electrons. The second-order valence-corrected chi connectivity index (χ2v) is 5.80. The van der Waals surface area contributed by atoms with Gasteiger partial charge in [0.15, 0.2) is 5.78 Å². The number of likely N-dealkylation sites (tertiary alicyclic amines) is 1. The van der Waals surface area contributed by atoms with Gasteiger partial charge < -0.3 is 4.90 Å². The van der Waals surface area contributed by atoms with E-state index in [1.54, 1.807) is 0 Å². The number of amides is 1. The largest absolute Gasteiger partial charge is 0.343 e. The monoisotopic (exact) mass is 323 g/mol. The fraction of sp³-hybridized carbons (Fsp3) is 0.467. The van der Waals surface area contributed by atoms with Gasteiger partial charge in [0.1, 0.15) is 0 Å². The molecule has 1 aliphatic rings. The first-order valence-electron chi connectivity index (χ1n) is 6.69. The second kappa shape index (κ2) is 6.33. The molecule has 1 aromatic rings. The zero-order valence-corrected chi connectivity index (χ0v) is 12.6. The van der Waals surface area contributed by atoms with E-state index in [0.29, 0.717) is 19.5 Å². The summed E-state index contributed by atoms with van der Waals surface area (Å²) in [6.07, 6.45) is 2.10. The summed E-state index contributed by atoms with van der Waals surface area (Å²) in [6, 6.07) is 7.50. The summed E-state index contributed by atoms with van der Waals surface area (Å²) in [7, 11) is 0. The van der Waals surface area contributed by atoms with Crippen LogP contribution in [0.2, 0.25) is 0 Å². The summed E-state index contributed by atoms with van der Waals surface area (Å²) in [5.74, 6) is 0.452. The Balaban J connectivity index is 1.96. The minimum absolute atomic E-state index is 0.0575. The number of benzene rings is 1. The number of halogens is 1. The van der Waals surface area contributed by atoms with Crippen molar-refractivity contribution in [2.24, 2.45) is 5.92 Å². The number of Topliss-reactive ketones (excluding diaryl/α,β-unsaturated/α-hetero) is 1. The van der Waals surface area contributed by atoms with Gasteiger partial charge in [-0.15, -0.1) is 0 Å². The molecule has 0 aliphatic carbocycles. The third kappa shape index (κ3) is 3.44. The number of ketones is 1. The number of carbonyl (C=O) groups excluding carboxylic acids is 2. The number of hydrogen-bond donors (Lipinski definition) is 0. The van der Waals surface area contributed by atoms with Gasteiger partial charge in [-0.3, -0.25) is 9.59 Å². The van der Waals surface area contributed by atoms with E-state index in [1.165, 1.54) is 0 Å². The molecule has 1 heterocycles. The number of carbonyl (C=O) groups is 2. The van der Waals surface area contributed by atoms with Crippen LogP contribution in [0.1, 0.15) is 36.5 Å². The third-order valence-electron chi connectivity index (χ3n) is 3.65. The van der Waals surface area contributed by atoms with Crippen LogP contribution in [0.15, 0.2) is 28.7 Å². The molecule has 0 bridgehead atoms. The lowest BCUT2D eigenvalue weighted by Gasteiger charge is -2.31. The normalized spacial score (nSPS) is 16.4. The Hall–Kier alpha value is -1.16. The van der Waals surface area contributed by atoms with Crippen LogP contribution in [0.5, 0.6) is 0 Å². The maximum Gasteiger partial charge on any atom is 0.222 e. The van der Waals surface area contributed by atoms with Crippen molar-refractivity contribution < 1.29 is 9.59 Å². The van der Waals surface area contributed by atoms with Crippen LogP contribution in [-0.2, 0) is 4.79 Å². The van der Waals surface area contributed by atoms with Crippen molar-refractivity contribution in [2.75, 3.05) is 13.1 Å². The molecular weight excluding hydrogens is 306 g/mol. The fourth-order valence-corrected chi connectivity index (χ4v) is 2.73. The van der Waals surface area contributed by atoms with Gasteiger partial charge in [-0.2, -0.15) is 0 Å². The fourth-order valence-electron chi connectivity index (χ4n) is 2.46. The molecule has 0 unspecified atom stereocenters. The van der Waals surface area contributed by atoms with E-state index in [4.69, 9.17) is 0 Å². The van der Waals surface area contributed by atoms with Crippen LogP contribution >= 0.6 is 15.9 Å². The molecule has 0 aromatic heterocycles. The summed E-state index contributed by atoms with van der Waals surface area (Å²) in [6.45, 7) is 3.29. The van der Waals surface area contributed by atoms with E-state index in [9.17, 15) is 9.59 Å². The molecule has 0 spiro atoms. The molecule has 1 amide bonds. The molecular formula is C15H18BrNO2. The number of hydrogen-bond acceptors (Lipinski definition) is 2. The van der Waals surface area contributed by atoms with E-state index < -0.39 is 0 Å². The predicted molar refractivity (Wildman–Crippen MR) is 78.1 cm³/mol. The Labute approximate surface area is 122 Å². The van der Waals surface area contributed by atoms with Gasteiger partial charge in [0.25, 0.3) is 0 Å². The maximum absolute atomic E-state index is 12.3. The van der Waals surface area contributed by atoms with Crippen LogP contribution in [-0.4, -0.2) is 29.7 Å². The minimum atomic E-state index is 0.0575. The van der Waals surface area contributed by atoms with Crippen molar-refractivity contribution in [1.82, 2.24) is 4.90 Å². The molecule has 2 rings (SSSR count). The topological polar surface area (TPSA) is 37.4 Å². The van der Waals surface area contributed by atoms with E-state index in [1.807, 2.05) is 36.1 Å². The van der Waals surface area contributed by atoms with Crippen molar-refractivity contribution >= 4 is 27.6 Å². The van der Waals surface area contributed by atoms with Crippen molar-refractivity contribution in [1.29, 1.82) is 0 Å². The zero-order chi connectivity index (χ0) is 13.8. The summed E-state index contributed by atoms with van der Waals surface area (Å²) in [5, 5.41) is 0. The minimum Gasteiger partial charge on any atom is -0.343 e. The molecule has 1 saturated heterocycles. The van der Waals surface area contributed by atoms with Crippen LogP contribution in [0, 0.1) is 5.92 Å². The summed E-state index contributed by atoms with van der Waals surface area (Å²) in [5.41, 5.74) is 0.767. The molecule has 0 N–H and O–H groups in total. The van der Waals surface area contributed by atoms with Gasteiger partial charge in [-0.1, -0.05) is 35.0 Å². The smallest absolute Gasteiger partial charge is 0.222 e. The third-order valence-corrected chi connectivity index (χ3v) is 4.18. The summed E-state index contributed by atoms with van der Waals surface area (Å²) >= 11 is 3.37. The molecule has 1 fully saturated rings. The van der Waals surface area contributed by atoms with E-state index in [2.05, 4.69) is 15.9 Å². The quantitative estimate of drug-likeness (QED) is 0.800. The van der Waals surface area contributed by atoms with Crippen molar-refractivity contribution in [3.8, 4) is 0 Å². The van der Waals surface area contributed by atoms with Gasteiger partial charge in [0.2, 0.25) is 5.91 Å².